The van der Waals surface area contributed by atoms with Crippen molar-refractivity contribution < 1.29 is 19.2 Å². The Bertz CT molecular complexity index is 743. The van der Waals surface area contributed by atoms with Gasteiger partial charge < -0.3 is 19.7 Å². The van der Waals surface area contributed by atoms with Crippen molar-refractivity contribution in [1.29, 1.82) is 0 Å². The van der Waals surface area contributed by atoms with Crippen molar-refractivity contribution in [2.45, 2.75) is 32.9 Å². The summed E-state index contributed by atoms with van der Waals surface area (Å²) in [7, 11) is 2.02. The topological polar surface area (TPSA) is 52.0 Å². The lowest BCUT2D eigenvalue weighted by Crippen LogP contribution is -3.12. The number of aryl methyl sites for hydroxylation is 1. The van der Waals surface area contributed by atoms with Crippen LogP contribution in [0.3, 0.4) is 0 Å². The third-order valence-corrected chi connectivity index (χ3v) is 4.68. The van der Waals surface area contributed by atoms with E-state index in [4.69, 9.17) is 9.47 Å². The van der Waals surface area contributed by atoms with E-state index in [1.54, 1.807) is 0 Å². The summed E-state index contributed by atoms with van der Waals surface area (Å²) in [6.45, 7) is 5.07. The van der Waals surface area contributed by atoms with Gasteiger partial charge in [-0.25, -0.2) is 0 Å². The van der Waals surface area contributed by atoms with Gasteiger partial charge in [0.15, 0.2) is 17.5 Å². The molecule has 5 nitrogen and oxygen atoms in total. The highest BCUT2D eigenvalue weighted by Gasteiger charge is 2.23. The Balaban J connectivity index is 1.59. The van der Waals surface area contributed by atoms with Crippen LogP contribution in [0.25, 0.3) is 0 Å². The van der Waals surface area contributed by atoms with Gasteiger partial charge in [0.2, 0.25) is 6.79 Å². The molecule has 1 heterocycles. The highest BCUT2D eigenvalue weighted by molar-refractivity contribution is 5.93. The minimum atomic E-state index is -0.170. The number of carbonyl (C=O) groups excluding carboxylic acids is 1. The van der Waals surface area contributed by atoms with Gasteiger partial charge in [-0.15, -0.1) is 0 Å². The molecular weight excluding hydrogens is 316 g/mol. The van der Waals surface area contributed by atoms with Crippen LogP contribution in [0.5, 0.6) is 11.5 Å². The predicted molar refractivity (Wildman–Crippen MR) is 97.1 cm³/mol. The molecule has 132 valence electrons. The van der Waals surface area contributed by atoms with Crippen LogP contribution >= 0.6 is 0 Å². The first-order valence-corrected chi connectivity index (χ1v) is 8.67. The van der Waals surface area contributed by atoms with Gasteiger partial charge in [0.05, 0.1) is 7.05 Å². The van der Waals surface area contributed by atoms with E-state index in [9.17, 15) is 4.79 Å². The molecule has 2 aromatic carbocycles. The second-order valence-electron chi connectivity index (χ2n) is 6.47. The molecule has 1 aliphatic rings. The number of anilines is 1. The zero-order chi connectivity index (χ0) is 17.8. The highest BCUT2D eigenvalue weighted by Crippen LogP contribution is 2.32. The van der Waals surface area contributed by atoms with Gasteiger partial charge in [-0.2, -0.15) is 0 Å². The van der Waals surface area contributed by atoms with Gasteiger partial charge >= 0.3 is 0 Å². The monoisotopic (exact) mass is 341 g/mol. The van der Waals surface area contributed by atoms with Crippen molar-refractivity contribution >= 4 is 11.6 Å². The highest BCUT2D eigenvalue weighted by atomic mass is 16.7. The van der Waals surface area contributed by atoms with Gasteiger partial charge in [0.1, 0.15) is 6.54 Å². The summed E-state index contributed by atoms with van der Waals surface area (Å²) in [5.74, 6) is 1.57. The minimum Gasteiger partial charge on any atom is -0.454 e. The summed E-state index contributed by atoms with van der Waals surface area (Å²) >= 11 is 0. The third kappa shape index (κ3) is 4.12. The molecule has 1 aliphatic heterocycles. The normalized spacial score (nSPS) is 14.8. The largest absolute Gasteiger partial charge is 0.454 e. The summed E-state index contributed by atoms with van der Waals surface area (Å²) in [5, 5.41) is 3.00. The van der Waals surface area contributed by atoms with Crippen LogP contribution in [0.4, 0.5) is 5.69 Å². The van der Waals surface area contributed by atoms with Gasteiger partial charge in [0, 0.05) is 11.3 Å². The Morgan fingerprint density at radius 3 is 2.52 bits per heavy atom. The maximum Gasteiger partial charge on any atom is 0.282 e. The summed E-state index contributed by atoms with van der Waals surface area (Å²) in [6, 6.07) is 13.8. The first-order chi connectivity index (χ1) is 12.1. The van der Waals surface area contributed by atoms with E-state index in [0.29, 0.717) is 0 Å². The zero-order valence-electron chi connectivity index (χ0n) is 15.0. The van der Waals surface area contributed by atoms with Crippen molar-refractivity contribution in [2.75, 3.05) is 19.2 Å². The van der Waals surface area contributed by atoms with Crippen molar-refractivity contribution in [3.63, 3.8) is 0 Å². The Morgan fingerprint density at radius 1 is 1.12 bits per heavy atom. The molecule has 2 atom stereocenters. The molecule has 1 unspecified atom stereocenters. The number of hydrogen-bond donors (Lipinski definition) is 2. The van der Waals surface area contributed by atoms with Crippen molar-refractivity contribution in [3.05, 3.63) is 53.6 Å². The van der Waals surface area contributed by atoms with Crippen molar-refractivity contribution in [2.24, 2.45) is 0 Å². The Labute approximate surface area is 148 Å². The molecule has 2 aromatic rings. The first kappa shape index (κ1) is 17.3. The third-order valence-electron chi connectivity index (χ3n) is 4.68. The number of fused-ring (bicyclic) bond motifs is 1. The summed E-state index contributed by atoms with van der Waals surface area (Å²) in [6.07, 6.45) is 0.993. The summed E-state index contributed by atoms with van der Waals surface area (Å²) < 4.78 is 10.7. The van der Waals surface area contributed by atoms with E-state index in [1.807, 2.05) is 56.4 Å². The average molecular weight is 341 g/mol. The second-order valence-corrected chi connectivity index (χ2v) is 6.47. The molecule has 0 saturated heterocycles. The number of amides is 1. The number of quaternary nitrogens is 1. The molecule has 0 saturated carbocycles. The Morgan fingerprint density at radius 2 is 1.80 bits per heavy atom. The molecule has 0 bridgehead atoms. The smallest absolute Gasteiger partial charge is 0.282 e. The number of hydrogen-bond acceptors (Lipinski definition) is 3. The molecule has 2 N–H and O–H groups in total. The Kier molecular flexibility index (Phi) is 5.24. The summed E-state index contributed by atoms with van der Waals surface area (Å²) in [4.78, 5) is 13.6. The lowest BCUT2D eigenvalue weighted by atomic mass is 10.1. The van der Waals surface area contributed by atoms with Gasteiger partial charge in [-0.1, -0.05) is 19.1 Å². The van der Waals surface area contributed by atoms with E-state index in [-0.39, 0.29) is 18.7 Å². The molecule has 0 aromatic heterocycles. The van der Waals surface area contributed by atoms with E-state index >= 15 is 0 Å². The maximum absolute atomic E-state index is 12.5. The molecular formula is C20H25N2O3+. The molecule has 1 amide bonds. The zero-order valence-corrected chi connectivity index (χ0v) is 15.0. The summed E-state index contributed by atoms with van der Waals surface area (Å²) in [5.41, 5.74) is 3.22. The fraction of sp³-hybridized carbons (Fsp3) is 0.350. The van der Waals surface area contributed by atoms with Crippen LogP contribution in [0.15, 0.2) is 42.5 Å². The van der Waals surface area contributed by atoms with Gasteiger partial charge in [-0.3, -0.25) is 4.79 Å². The standard InChI is InChI=1S/C20H24N2O3/c1-4-15-5-8-17(9-6-15)21-20(23)14(2)22(3)12-16-7-10-18-19(11-16)25-13-24-18/h5-11,14H,4,12-13H2,1-3H3,(H,21,23)/p+1/t14-/m0/s1. The molecule has 5 heteroatoms. The molecule has 25 heavy (non-hydrogen) atoms. The fourth-order valence-corrected chi connectivity index (χ4v) is 2.82. The van der Waals surface area contributed by atoms with Crippen LogP contribution in [-0.4, -0.2) is 25.8 Å². The Hall–Kier alpha value is -2.53. The molecule has 0 radical (unpaired) electrons. The fourth-order valence-electron chi connectivity index (χ4n) is 2.82. The number of benzene rings is 2. The lowest BCUT2D eigenvalue weighted by Gasteiger charge is -2.21. The number of likely N-dealkylation sites (N-methyl/N-ethyl adjacent to an activating group) is 1. The van der Waals surface area contributed by atoms with Crippen molar-refractivity contribution in [3.8, 4) is 11.5 Å². The van der Waals surface area contributed by atoms with Gasteiger partial charge in [0.25, 0.3) is 5.91 Å². The van der Waals surface area contributed by atoms with E-state index < -0.39 is 0 Å². The number of carbonyl (C=O) groups is 1. The molecule has 0 fully saturated rings. The van der Waals surface area contributed by atoms with E-state index in [2.05, 4.69) is 12.2 Å². The van der Waals surface area contributed by atoms with E-state index in [0.717, 1.165) is 40.6 Å². The predicted octanol–water partition coefficient (Wildman–Crippen LogP) is 2.02. The molecule has 3 rings (SSSR count). The van der Waals surface area contributed by atoms with Gasteiger partial charge in [-0.05, 0) is 49.2 Å². The molecule has 0 aliphatic carbocycles. The van der Waals surface area contributed by atoms with Crippen LogP contribution < -0.4 is 19.7 Å². The van der Waals surface area contributed by atoms with Crippen molar-refractivity contribution in [1.82, 2.24) is 0 Å². The van der Waals surface area contributed by atoms with Crippen LogP contribution in [-0.2, 0) is 17.8 Å². The molecule has 0 spiro atoms. The second kappa shape index (κ2) is 7.57. The number of rotatable bonds is 6. The van der Waals surface area contributed by atoms with Crippen LogP contribution in [0.2, 0.25) is 0 Å². The van der Waals surface area contributed by atoms with E-state index in [1.165, 1.54) is 5.56 Å². The SMILES string of the molecule is CCc1ccc(NC(=O)[C@H](C)[NH+](C)Cc2ccc3c(c2)OCO3)cc1. The lowest BCUT2D eigenvalue weighted by molar-refractivity contribution is -0.907. The quantitative estimate of drug-likeness (QED) is 0.845. The average Bonchev–Trinajstić information content (AvgIpc) is 3.09. The van der Waals surface area contributed by atoms with Crippen LogP contribution in [0, 0.1) is 0 Å². The minimum absolute atomic E-state index is 0.0162. The number of nitrogens with one attached hydrogen (secondary N) is 2. The first-order valence-electron chi connectivity index (χ1n) is 8.67. The maximum atomic E-state index is 12.5. The van der Waals surface area contributed by atoms with Crippen LogP contribution in [0.1, 0.15) is 25.0 Å². The number of ether oxygens (including phenoxy) is 2.